The summed E-state index contributed by atoms with van der Waals surface area (Å²) in [6, 6.07) is 0. The van der Waals surface area contributed by atoms with Gasteiger partial charge in [0.1, 0.15) is 0 Å². The molecule has 0 nitrogen and oxygen atoms in total. The Bertz CT molecular complexity index is 185. The summed E-state index contributed by atoms with van der Waals surface area (Å²) in [6.45, 7) is 11.0. The smallest absolute Gasteiger partial charge is 0.0681 e. The summed E-state index contributed by atoms with van der Waals surface area (Å²) in [6.07, 6.45) is 2.92. The molecule has 0 saturated heterocycles. The SMILES string of the molecule is [CH+]=C=C=C=[C-]C(C)(C)C. The van der Waals surface area contributed by atoms with Gasteiger partial charge in [0.2, 0.25) is 0 Å². The Kier molecular flexibility index (Phi) is 2.75. The van der Waals surface area contributed by atoms with Crippen molar-refractivity contribution in [1.82, 2.24) is 0 Å². The van der Waals surface area contributed by atoms with Crippen molar-refractivity contribution >= 4 is 0 Å². The van der Waals surface area contributed by atoms with Crippen LogP contribution in [0.1, 0.15) is 20.8 Å². The zero-order chi connectivity index (χ0) is 7.33. The molecule has 0 heterocycles. The molecule has 0 aliphatic heterocycles. The van der Waals surface area contributed by atoms with E-state index in [9.17, 15) is 0 Å². The van der Waals surface area contributed by atoms with Gasteiger partial charge in [0.25, 0.3) is 0 Å². The van der Waals surface area contributed by atoms with E-state index in [1.165, 1.54) is 0 Å². The van der Waals surface area contributed by atoms with E-state index in [0.717, 1.165) is 0 Å². The summed E-state index contributed by atoms with van der Waals surface area (Å²) < 4.78 is 0. The largest absolute Gasteiger partial charge is 0.289 e. The van der Waals surface area contributed by atoms with Crippen LogP contribution in [-0.2, 0) is 0 Å². The number of rotatable bonds is 0. The highest BCUT2D eigenvalue weighted by Crippen LogP contribution is 2.11. The highest BCUT2D eigenvalue weighted by molar-refractivity contribution is 4.84. The second kappa shape index (κ2) is 3.10. The fourth-order valence-corrected chi connectivity index (χ4v) is 0.255. The molecule has 0 saturated carbocycles. The molecule has 0 aromatic carbocycles. The van der Waals surface area contributed by atoms with Gasteiger partial charge in [-0.1, -0.05) is 26.2 Å². The van der Waals surface area contributed by atoms with E-state index in [0.29, 0.717) is 0 Å². The highest BCUT2D eigenvalue weighted by atomic mass is 14.1. The second-order valence-corrected chi connectivity index (χ2v) is 2.77. The average molecular weight is 118 g/mol. The van der Waals surface area contributed by atoms with Gasteiger partial charge in [0.05, 0.1) is 6.58 Å². The Morgan fingerprint density at radius 1 is 1.33 bits per heavy atom. The second-order valence-electron chi connectivity index (χ2n) is 2.77. The van der Waals surface area contributed by atoms with E-state index in [2.05, 4.69) is 23.3 Å². The van der Waals surface area contributed by atoms with Crippen molar-refractivity contribution in [3.05, 3.63) is 29.8 Å². The summed E-state index contributed by atoms with van der Waals surface area (Å²) in [7, 11) is 0. The van der Waals surface area contributed by atoms with Gasteiger partial charge in [-0.25, -0.2) is 11.8 Å². The minimum absolute atomic E-state index is 0.0316. The normalized spacial score (nSPS) is 8.67. The topological polar surface area (TPSA) is 0 Å². The lowest BCUT2D eigenvalue weighted by molar-refractivity contribution is 0.525. The zero-order valence-electron chi connectivity index (χ0n) is 6.08. The minimum atomic E-state index is 0.0316. The third-order valence-electron chi connectivity index (χ3n) is 0.572. The Morgan fingerprint density at radius 2 is 1.89 bits per heavy atom. The van der Waals surface area contributed by atoms with Crippen LogP contribution in [0.3, 0.4) is 0 Å². The molecule has 0 atom stereocenters. The minimum Gasteiger partial charge on any atom is -0.289 e. The van der Waals surface area contributed by atoms with E-state index in [1.54, 1.807) is 0 Å². The standard InChI is InChI=1S/C9H10/c1-5-6-7-8-9(2,3)4/h1H,2-4H3. The molecule has 0 spiro atoms. The van der Waals surface area contributed by atoms with Crippen molar-refractivity contribution in [3.8, 4) is 0 Å². The Labute approximate surface area is 56.9 Å². The van der Waals surface area contributed by atoms with Gasteiger partial charge in [0, 0.05) is 0 Å². The molecule has 0 heteroatoms. The first-order valence-corrected chi connectivity index (χ1v) is 2.79. The van der Waals surface area contributed by atoms with Gasteiger partial charge in [-0.2, -0.15) is 0 Å². The van der Waals surface area contributed by atoms with E-state index in [-0.39, 0.29) is 5.41 Å². The van der Waals surface area contributed by atoms with Gasteiger partial charge in [-0.05, 0) is 5.73 Å². The summed E-state index contributed by atoms with van der Waals surface area (Å²) in [4.78, 5) is 0. The number of allylic oxidation sites excluding steroid dienone is 1. The lowest BCUT2D eigenvalue weighted by atomic mass is 9.97. The first-order valence-electron chi connectivity index (χ1n) is 2.79. The highest BCUT2D eigenvalue weighted by Gasteiger charge is 1.94. The maximum absolute atomic E-state index is 4.89. The fraction of sp³-hybridized carbons (Fsp3) is 0.444. The lowest BCUT2D eigenvalue weighted by Gasteiger charge is -2.15. The maximum Gasteiger partial charge on any atom is 0.0681 e. The van der Waals surface area contributed by atoms with Crippen LogP contribution in [-0.4, -0.2) is 0 Å². The summed E-state index contributed by atoms with van der Waals surface area (Å²) in [5, 5.41) is 0. The van der Waals surface area contributed by atoms with E-state index < -0.39 is 0 Å². The van der Waals surface area contributed by atoms with Crippen molar-refractivity contribution in [3.63, 3.8) is 0 Å². The monoisotopic (exact) mass is 118 g/mol. The van der Waals surface area contributed by atoms with Crippen molar-refractivity contribution in [1.29, 1.82) is 0 Å². The Hall–Kier alpha value is -1.01. The molecule has 0 fully saturated rings. The van der Waals surface area contributed by atoms with Crippen LogP contribution in [0.2, 0.25) is 0 Å². The van der Waals surface area contributed by atoms with Crippen LogP contribution < -0.4 is 0 Å². The maximum atomic E-state index is 4.89. The fourth-order valence-electron chi connectivity index (χ4n) is 0.255. The molecule has 0 amide bonds. The number of hydrogen-bond donors (Lipinski definition) is 0. The number of hydrogen-bond acceptors (Lipinski definition) is 0. The molecule has 0 aromatic rings. The van der Waals surface area contributed by atoms with Gasteiger partial charge >= 0.3 is 0 Å². The van der Waals surface area contributed by atoms with Crippen molar-refractivity contribution in [2.24, 2.45) is 5.41 Å². The first kappa shape index (κ1) is 7.99. The van der Waals surface area contributed by atoms with E-state index in [4.69, 9.17) is 6.58 Å². The Balaban J connectivity index is 4.35. The van der Waals surface area contributed by atoms with Crippen molar-refractivity contribution in [2.75, 3.05) is 0 Å². The molecular formula is C9H10. The lowest BCUT2D eigenvalue weighted by Crippen LogP contribution is -1.97. The van der Waals surface area contributed by atoms with Crippen LogP contribution in [0.4, 0.5) is 0 Å². The average Bonchev–Trinajstić information content (AvgIpc) is 1.63. The summed E-state index contributed by atoms with van der Waals surface area (Å²) in [5.74, 6) is 0. The molecular weight excluding hydrogens is 108 g/mol. The molecule has 0 bridgehead atoms. The predicted molar refractivity (Wildman–Crippen MR) is 37.5 cm³/mol. The molecule has 0 aliphatic rings. The van der Waals surface area contributed by atoms with E-state index >= 15 is 0 Å². The molecule has 0 unspecified atom stereocenters. The van der Waals surface area contributed by atoms with Gasteiger partial charge < -0.3 is 0 Å². The molecule has 0 aliphatic carbocycles. The Morgan fingerprint density at radius 3 is 2.22 bits per heavy atom. The predicted octanol–water partition coefficient (Wildman–Crippen LogP) is 2.29. The zero-order valence-corrected chi connectivity index (χ0v) is 6.08. The van der Waals surface area contributed by atoms with Crippen molar-refractivity contribution in [2.45, 2.75) is 20.8 Å². The molecule has 0 aromatic heterocycles. The van der Waals surface area contributed by atoms with Crippen LogP contribution in [0.5, 0.6) is 0 Å². The van der Waals surface area contributed by atoms with Crippen LogP contribution in [0.25, 0.3) is 0 Å². The van der Waals surface area contributed by atoms with Gasteiger partial charge in [0.15, 0.2) is 0 Å². The van der Waals surface area contributed by atoms with Gasteiger partial charge in [-0.15, -0.1) is 0 Å². The molecule has 9 heavy (non-hydrogen) atoms. The van der Waals surface area contributed by atoms with Crippen LogP contribution in [0, 0.1) is 18.1 Å². The summed E-state index contributed by atoms with van der Waals surface area (Å²) >= 11 is 0. The third kappa shape index (κ3) is 6.99. The summed E-state index contributed by atoms with van der Waals surface area (Å²) in [5.41, 5.74) is 7.36. The molecule has 46 valence electrons. The van der Waals surface area contributed by atoms with Gasteiger partial charge in [-0.3, -0.25) is 5.73 Å². The molecule has 0 rings (SSSR count). The molecule has 0 N–H and O–H groups in total. The van der Waals surface area contributed by atoms with E-state index in [1.807, 2.05) is 20.8 Å². The van der Waals surface area contributed by atoms with Crippen LogP contribution >= 0.6 is 0 Å². The molecule has 0 radical (unpaired) electrons. The first-order chi connectivity index (χ1) is 4.06. The van der Waals surface area contributed by atoms with Crippen LogP contribution in [0.15, 0.2) is 17.2 Å². The third-order valence-corrected chi connectivity index (χ3v) is 0.572. The quantitative estimate of drug-likeness (QED) is 0.338. The van der Waals surface area contributed by atoms with Crippen molar-refractivity contribution < 1.29 is 0 Å².